The molecule has 0 spiro atoms. The first-order chi connectivity index (χ1) is 14.0. The fourth-order valence-electron chi connectivity index (χ4n) is 4.01. The Balaban J connectivity index is 1.57. The normalized spacial score (nSPS) is 16.0. The zero-order valence-corrected chi connectivity index (χ0v) is 16.6. The molecule has 2 aromatic carbocycles. The van der Waals surface area contributed by atoms with Gasteiger partial charge in [0.1, 0.15) is 17.1 Å². The first-order valence-corrected chi connectivity index (χ1v) is 9.71. The van der Waals surface area contributed by atoms with E-state index in [0.29, 0.717) is 36.3 Å². The largest absolute Gasteiger partial charge is 0.497 e. The Morgan fingerprint density at radius 2 is 1.90 bits per heavy atom. The minimum atomic E-state index is -0.353. The summed E-state index contributed by atoms with van der Waals surface area (Å²) in [6, 6.07) is 12.2. The van der Waals surface area contributed by atoms with Crippen LogP contribution in [0.3, 0.4) is 0 Å². The Kier molecular flexibility index (Phi) is 5.28. The second-order valence-electron chi connectivity index (χ2n) is 7.50. The summed E-state index contributed by atoms with van der Waals surface area (Å²) in [5.41, 5.74) is 2.07. The van der Waals surface area contributed by atoms with Gasteiger partial charge in [-0.05, 0) is 55.7 Å². The van der Waals surface area contributed by atoms with E-state index in [-0.39, 0.29) is 22.9 Å². The lowest BCUT2D eigenvalue weighted by Gasteiger charge is -2.38. The number of amides is 1. The number of benzene rings is 2. The van der Waals surface area contributed by atoms with Gasteiger partial charge in [-0.25, -0.2) is 4.39 Å². The smallest absolute Gasteiger partial charge is 0.287 e. The predicted molar refractivity (Wildman–Crippen MR) is 108 cm³/mol. The van der Waals surface area contributed by atoms with Gasteiger partial charge in [-0.3, -0.25) is 4.79 Å². The average molecular weight is 397 g/mol. The van der Waals surface area contributed by atoms with Crippen LogP contribution in [0, 0.1) is 12.7 Å². The second-order valence-corrected chi connectivity index (χ2v) is 7.50. The molecule has 1 saturated heterocycles. The molecule has 1 amide bonds. The highest BCUT2D eigenvalue weighted by Gasteiger charge is 2.35. The molecule has 1 fully saturated rings. The monoisotopic (exact) mass is 397 g/mol. The molecule has 3 aromatic rings. The van der Waals surface area contributed by atoms with Crippen molar-refractivity contribution in [2.24, 2.45) is 0 Å². The van der Waals surface area contributed by atoms with E-state index in [4.69, 9.17) is 13.9 Å². The molecule has 2 heterocycles. The number of hydrogen-bond donors (Lipinski definition) is 1. The molecule has 1 aliphatic rings. The topological polar surface area (TPSA) is 60.7 Å². The Hall–Kier alpha value is -2.86. The Morgan fingerprint density at radius 1 is 1.17 bits per heavy atom. The molecule has 1 N–H and O–H groups in total. The van der Waals surface area contributed by atoms with Gasteiger partial charge >= 0.3 is 0 Å². The van der Waals surface area contributed by atoms with Crippen LogP contribution >= 0.6 is 0 Å². The molecule has 0 bridgehead atoms. The third-order valence-corrected chi connectivity index (χ3v) is 5.84. The Morgan fingerprint density at radius 3 is 2.59 bits per heavy atom. The summed E-state index contributed by atoms with van der Waals surface area (Å²) >= 11 is 0. The van der Waals surface area contributed by atoms with Gasteiger partial charge in [-0.15, -0.1) is 0 Å². The maximum absolute atomic E-state index is 13.5. The van der Waals surface area contributed by atoms with Crippen molar-refractivity contribution in [2.75, 3.05) is 26.9 Å². The zero-order valence-electron chi connectivity index (χ0n) is 16.6. The summed E-state index contributed by atoms with van der Waals surface area (Å²) in [5, 5.41) is 3.66. The van der Waals surface area contributed by atoms with E-state index >= 15 is 0 Å². The number of furan rings is 1. The Labute approximate surface area is 168 Å². The van der Waals surface area contributed by atoms with Gasteiger partial charge in [0.2, 0.25) is 0 Å². The fraction of sp³-hybridized carbons (Fsp3) is 0.348. The maximum atomic E-state index is 13.5. The lowest BCUT2D eigenvalue weighted by molar-refractivity contribution is 0.0484. The molecule has 6 heteroatoms. The summed E-state index contributed by atoms with van der Waals surface area (Å²) in [6.07, 6.45) is 1.62. The van der Waals surface area contributed by atoms with Crippen LogP contribution in [0.1, 0.15) is 34.5 Å². The van der Waals surface area contributed by atoms with E-state index < -0.39 is 0 Å². The van der Waals surface area contributed by atoms with Crippen molar-refractivity contribution >= 4 is 16.9 Å². The number of carbonyl (C=O) groups is 1. The van der Waals surface area contributed by atoms with Gasteiger partial charge < -0.3 is 19.2 Å². The van der Waals surface area contributed by atoms with E-state index in [0.717, 1.165) is 24.2 Å². The highest BCUT2D eigenvalue weighted by atomic mass is 19.1. The van der Waals surface area contributed by atoms with Gasteiger partial charge in [-0.2, -0.15) is 0 Å². The van der Waals surface area contributed by atoms with Gasteiger partial charge in [0.15, 0.2) is 5.76 Å². The van der Waals surface area contributed by atoms with Crippen molar-refractivity contribution in [3.63, 3.8) is 0 Å². The number of ether oxygens (including phenoxy) is 2. The summed E-state index contributed by atoms with van der Waals surface area (Å²) in [7, 11) is 1.64. The number of carbonyl (C=O) groups excluding carboxylic acids is 1. The van der Waals surface area contributed by atoms with Crippen molar-refractivity contribution in [1.82, 2.24) is 5.32 Å². The number of hydrogen-bond acceptors (Lipinski definition) is 4. The number of nitrogens with one attached hydrogen (secondary N) is 1. The van der Waals surface area contributed by atoms with Crippen LogP contribution in [0.4, 0.5) is 4.39 Å². The third-order valence-electron chi connectivity index (χ3n) is 5.84. The zero-order chi connectivity index (χ0) is 20.4. The van der Waals surface area contributed by atoms with Crippen molar-refractivity contribution in [3.05, 3.63) is 65.2 Å². The average Bonchev–Trinajstić information content (AvgIpc) is 3.09. The molecule has 0 radical (unpaired) electrons. The minimum absolute atomic E-state index is 0.216. The third kappa shape index (κ3) is 3.72. The second kappa shape index (κ2) is 7.87. The van der Waals surface area contributed by atoms with Crippen molar-refractivity contribution < 1.29 is 23.1 Å². The van der Waals surface area contributed by atoms with Crippen LogP contribution in [0.2, 0.25) is 0 Å². The van der Waals surface area contributed by atoms with Gasteiger partial charge in [0.25, 0.3) is 5.91 Å². The highest BCUT2D eigenvalue weighted by molar-refractivity contribution is 5.98. The molecule has 0 saturated carbocycles. The molecule has 0 aliphatic carbocycles. The summed E-state index contributed by atoms with van der Waals surface area (Å²) in [5.74, 6) is 0.375. The molecule has 1 aliphatic heterocycles. The summed E-state index contributed by atoms with van der Waals surface area (Å²) in [4.78, 5) is 12.9. The Bertz CT molecular complexity index is 1020. The molecule has 4 rings (SSSR count). The maximum Gasteiger partial charge on any atom is 0.287 e. The SMILES string of the molecule is COc1ccc(C2(CNC(=O)c3oc4ccc(F)cc4c3C)CCOCC2)cc1. The first-order valence-electron chi connectivity index (χ1n) is 9.71. The summed E-state index contributed by atoms with van der Waals surface area (Å²) in [6.45, 7) is 3.52. The van der Waals surface area contributed by atoms with Gasteiger partial charge in [0, 0.05) is 36.1 Å². The van der Waals surface area contributed by atoms with Crippen LogP contribution in [0.15, 0.2) is 46.9 Å². The molecule has 152 valence electrons. The number of fused-ring (bicyclic) bond motifs is 1. The number of rotatable bonds is 5. The quantitative estimate of drug-likeness (QED) is 0.695. The number of aryl methyl sites for hydroxylation is 1. The van der Waals surface area contributed by atoms with Crippen molar-refractivity contribution in [2.45, 2.75) is 25.2 Å². The minimum Gasteiger partial charge on any atom is -0.497 e. The summed E-state index contributed by atoms with van der Waals surface area (Å²) < 4.78 is 30.1. The molecule has 0 unspecified atom stereocenters. The number of methoxy groups -OCH3 is 1. The van der Waals surface area contributed by atoms with Crippen LogP contribution in [0.5, 0.6) is 5.75 Å². The van der Waals surface area contributed by atoms with E-state index in [1.54, 1.807) is 20.1 Å². The van der Waals surface area contributed by atoms with Crippen LogP contribution in [-0.2, 0) is 10.2 Å². The molecule has 29 heavy (non-hydrogen) atoms. The van der Waals surface area contributed by atoms with Crippen LogP contribution < -0.4 is 10.1 Å². The standard InChI is InChI=1S/C23H24FNO4/c1-15-19-13-17(24)5-8-20(19)29-21(15)22(26)25-14-23(9-11-28-12-10-23)16-3-6-18(27-2)7-4-16/h3-8,13H,9-12,14H2,1-2H3,(H,25,26). The predicted octanol–water partition coefficient (Wildman–Crippen LogP) is 4.37. The fourth-order valence-corrected chi connectivity index (χ4v) is 4.01. The highest BCUT2D eigenvalue weighted by Crippen LogP contribution is 2.35. The molecular formula is C23H24FNO4. The van der Waals surface area contributed by atoms with E-state index in [1.807, 2.05) is 24.3 Å². The lowest BCUT2D eigenvalue weighted by atomic mass is 9.74. The van der Waals surface area contributed by atoms with E-state index in [1.165, 1.54) is 12.1 Å². The van der Waals surface area contributed by atoms with E-state index in [9.17, 15) is 9.18 Å². The van der Waals surface area contributed by atoms with Gasteiger partial charge in [-0.1, -0.05) is 12.1 Å². The van der Waals surface area contributed by atoms with Crippen molar-refractivity contribution in [1.29, 1.82) is 0 Å². The molecule has 1 aromatic heterocycles. The van der Waals surface area contributed by atoms with Crippen LogP contribution in [-0.4, -0.2) is 32.8 Å². The molecular weight excluding hydrogens is 373 g/mol. The molecule has 5 nitrogen and oxygen atoms in total. The van der Waals surface area contributed by atoms with E-state index in [2.05, 4.69) is 5.32 Å². The number of halogens is 1. The molecule has 0 atom stereocenters. The first kappa shape index (κ1) is 19.5. The van der Waals surface area contributed by atoms with Crippen LogP contribution in [0.25, 0.3) is 11.0 Å². The lowest BCUT2D eigenvalue weighted by Crippen LogP contribution is -2.44. The van der Waals surface area contributed by atoms with Crippen molar-refractivity contribution in [3.8, 4) is 5.75 Å². The van der Waals surface area contributed by atoms with Gasteiger partial charge in [0.05, 0.1) is 7.11 Å².